The first kappa shape index (κ1) is 14.6. The Balaban J connectivity index is 1.81. The summed E-state index contributed by atoms with van der Waals surface area (Å²) in [6, 6.07) is 3.78. The van der Waals surface area contributed by atoms with Crippen LogP contribution in [0.25, 0.3) is 0 Å². The molecular formula is C16H14NO4S-. The van der Waals surface area contributed by atoms with E-state index in [9.17, 15) is 14.7 Å². The monoisotopic (exact) mass is 316 g/mol. The third-order valence-electron chi connectivity index (χ3n) is 3.78. The summed E-state index contributed by atoms with van der Waals surface area (Å²) in [5.74, 6) is -2.13. The summed E-state index contributed by atoms with van der Waals surface area (Å²) in [6.45, 7) is 0. The molecule has 2 N–H and O–H groups in total. The van der Waals surface area contributed by atoms with Crippen molar-refractivity contribution in [2.24, 2.45) is 0 Å². The smallest absolute Gasteiger partial charge is 0.335 e. The predicted octanol–water partition coefficient (Wildman–Crippen LogP) is 2.65. The van der Waals surface area contributed by atoms with Gasteiger partial charge in [0.05, 0.1) is 11.1 Å². The number of amides is 1. The SMILES string of the molecule is O=C(O)c1ccc(NC(=O)c2csc3c2CCCC3)cc1[O-]. The molecule has 22 heavy (non-hydrogen) atoms. The van der Waals surface area contributed by atoms with Gasteiger partial charge in [-0.1, -0.05) is 5.75 Å². The molecule has 0 unspecified atom stereocenters. The number of hydrogen-bond donors (Lipinski definition) is 2. The van der Waals surface area contributed by atoms with Crippen LogP contribution >= 0.6 is 11.3 Å². The van der Waals surface area contributed by atoms with Crippen molar-refractivity contribution in [1.82, 2.24) is 0 Å². The zero-order valence-electron chi connectivity index (χ0n) is 11.7. The van der Waals surface area contributed by atoms with Crippen LogP contribution in [0, 0.1) is 0 Å². The van der Waals surface area contributed by atoms with E-state index in [1.807, 2.05) is 5.38 Å². The Morgan fingerprint density at radius 1 is 1.18 bits per heavy atom. The molecule has 0 saturated heterocycles. The summed E-state index contributed by atoms with van der Waals surface area (Å²) in [5.41, 5.74) is 1.79. The van der Waals surface area contributed by atoms with E-state index >= 15 is 0 Å². The normalized spacial score (nSPS) is 13.5. The molecule has 0 fully saturated rings. The lowest BCUT2D eigenvalue weighted by Crippen LogP contribution is -2.15. The van der Waals surface area contributed by atoms with E-state index in [0.717, 1.165) is 37.3 Å². The van der Waals surface area contributed by atoms with Crippen LogP contribution in [-0.4, -0.2) is 17.0 Å². The van der Waals surface area contributed by atoms with Gasteiger partial charge in [-0.3, -0.25) is 4.79 Å². The fourth-order valence-electron chi connectivity index (χ4n) is 2.66. The van der Waals surface area contributed by atoms with E-state index in [2.05, 4.69) is 5.32 Å². The number of hydrogen-bond acceptors (Lipinski definition) is 4. The van der Waals surface area contributed by atoms with Crippen LogP contribution < -0.4 is 10.4 Å². The molecule has 114 valence electrons. The van der Waals surface area contributed by atoms with Crippen LogP contribution in [0.2, 0.25) is 0 Å². The number of fused-ring (bicyclic) bond motifs is 1. The molecule has 5 nitrogen and oxygen atoms in total. The summed E-state index contributed by atoms with van der Waals surface area (Å²) in [5, 5.41) is 25.0. The number of anilines is 1. The van der Waals surface area contributed by atoms with Crippen molar-refractivity contribution in [1.29, 1.82) is 0 Å². The van der Waals surface area contributed by atoms with E-state index in [-0.39, 0.29) is 11.5 Å². The summed E-state index contributed by atoms with van der Waals surface area (Å²) in [4.78, 5) is 24.4. The predicted molar refractivity (Wildman–Crippen MR) is 81.8 cm³/mol. The summed E-state index contributed by atoms with van der Waals surface area (Å²) in [6.07, 6.45) is 4.17. The van der Waals surface area contributed by atoms with Crippen molar-refractivity contribution < 1.29 is 19.8 Å². The maximum atomic E-state index is 12.4. The number of carbonyl (C=O) groups excluding carboxylic acids is 1. The molecule has 0 spiro atoms. The van der Waals surface area contributed by atoms with E-state index in [4.69, 9.17) is 5.11 Å². The first-order valence-electron chi connectivity index (χ1n) is 7.01. The number of carboxylic acid groups (broad SMARTS) is 1. The molecule has 1 aromatic heterocycles. The highest BCUT2D eigenvalue weighted by molar-refractivity contribution is 7.10. The second kappa shape index (κ2) is 5.81. The number of carboxylic acids is 1. The lowest BCUT2D eigenvalue weighted by Gasteiger charge is -2.14. The van der Waals surface area contributed by atoms with Crippen LogP contribution in [0.4, 0.5) is 5.69 Å². The molecule has 0 radical (unpaired) electrons. The van der Waals surface area contributed by atoms with Gasteiger partial charge in [0.15, 0.2) is 0 Å². The molecule has 1 amide bonds. The van der Waals surface area contributed by atoms with Gasteiger partial charge in [0.2, 0.25) is 0 Å². The number of carbonyl (C=O) groups is 2. The van der Waals surface area contributed by atoms with Crippen LogP contribution in [-0.2, 0) is 12.8 Å². The van der Waals surface area contributed by atoms with Gasteiger partial charge < -0.3 is 15.5 Å². The molecule has 1 aliphatic carbocycles. The van der Waals surface area contributed by atoms with Crippen LogP contribution in [0.1, 0.15) is 44.0 Å². The molecule has 2 aromatic rings. The average molecular weight is 316 g/mol. The van der Waals surface area contributed by atoms with Crippen molar-refractivity contribution in [3.8, 4) is 5.75 Å². The molecule has 0 bridgehead atoms. The Bertz CT molecular complexity index is 751. The Morgan fingerprint density at radius 2 is 1.95 bits per heavy atom. The third-order valence-corrected chi connectivity index (χ3v) is 4.86. The van der Waals surface area contributed by atoms with Gasteiger partial charge in [0, 0.05) is 15.9 Å². The molecule has 1 aliphatic rings. The quantitative estimate of drug-likeness (QED) is 0.911. The minimum absolute atomic E-state index is 0.248. The summed E-state index contributed by atoms with van der Waals surface area (Å²) >= 11 is 1.60. The topological polar surface area (TPSA) is 89.5 Å². The van der Waals surface area contributed by atoms with Crippen molar-refractivity contribution in [2.75, 3.05) is 5.32 Å². The van der Waals surface area contributed by atoms with Gasteiger partial charge in [-0.05, 0) is 49.4 Å². The average Bonchev–Trinajstić information content (AvgIpc) is 2.91. The van der Waals surface area contributed by atoms with E-state index in [0.29, 0.717) is 11.3 Å². The molecule has 1 heterocycles. The van der Waals surface area contributed by atoms with Crippen molar-refractivity contribution in [3.05, 3.63) is 45.1 Å². The largest absolute Gasteiger partial charge is 0.872 e. The maximum absolute atomic E-state index is 12.4. The van der Waals surface area contributed by atoms with Crippen LogP contribution in [0.5, 0.6) is 5.75 Å². The lowest BCUT2D eigenvalue weighted by atomic mass is 9.95. The van der Waals surface area contributed by atoms with Crippen molar-refractivity contribution in [2.45, 2.75) is 25.7 Å². The van der Waals surface area contributed by atoms with Crippen molar-refractivity contribution >= 4 is 28.9 Å². The van der Waals surface area contributed by atoms with Crippen LogP contribution in [0.15, 0.2) is 23.6 Å². The highest BCUT2D eigenvalue weighted by atomic mass is 32.1. The number of benzene rings is 1. The minimum atomic E-state index is -1.27. The molecule has 3 rings (SSSR count). The summed E-state index contributed by atoms with van der Waals surface area (Å²) in [7, 11) is 0. The highest BCUT2D eigenvalue weighted by Gasteiger charge is 2.20. The molecule has 0 aliphatic heterocycles. The molecular weight excluding hydrogens is 302 g/mol. The Morgan fingerprint density at radius 3 is 2.68 bits per heavy atom. The van der Waals surface area contributed by atoms with Gasteiger partial charge in [-0.15, -0.1) is 11.3 Å². The summed E-state index contributed by atoms with van der Waals surface area (Å²) < 4.78 is 0. The minimum Gasteiger partial charge on any atom is -0.872 e. The number of nitrogens with one attached hydrogen (secondary N) is 1. The van der Waals surface area contributed by atoms with Gasteiger partial charge in [-0.25, -0.2) is 4.79 Å². The van der Waals surface area contributed by atoms with E-state index < -0.39 is 11.7 Å². The molecule has 0 atom stereocenters. The maximum Gasteiger partial charge on any atom is 0.335 e. The van der Waals surface area contributed by atoms with Crippen LogP contribution in [0.3, 0.4) is 0 Å². The number of aryl methyl sites for hydroxylation is 1. The third kappa shape index (κ3) is 2.69. The standard InChI is InChI=1S/C16H15NO4S/c18-13-7-9(5-6-11(13)16(20)21)17-15(19)12-8-22-14-4-2-1-3-10(12)14/h5-8,18H,1-4H2,(H,17,19)(H,20,21)/p-1. The first-order valence-corrected chi connectivity index (χ1v) is 7.89. The zero-order valence-corrected chi connectivity index (χ0v) is 12.5. The fourth-order valence-corrected chi connectivity index (χ4v) is 3.79. The van der Waals surface area contributed by atoms with Crippen molar-refractivity contribution in [3.63, 3.8) is 0 Å². The van der Waals surface area contributed by atoms with E-state index in [1.54, 1.807) is 11.3 Å². The van der Waals surface area contributed by atoms with Gasteiger partial charge >= 0.3 is 5.97 Å². The molecule has 1 aromatic carbocycles. The van der Waals surface area contributed by atoms with Gasteiger partial charge in [-0.2, -0.15) is 0 Å². The Labute approximate surface area is 131 Å². The second-order valence-corrected chi connectivity index (χ2v) is 6.19. The number of thiophene rings is 1. The molecule has 6 heteroatoms. The van der Waals surface area contributed by atoms with Gasteiger partial charge in [0.1, 0.15) is 0 Å². The zero-order chi connectivity index (χ0) is 15.7. The number of aromatic carboxylic acids is 1. The lowest BCUT2D eigenvalue weighted by molar-refractivity contribution is -0.268. The first-order chi connectivity index (χ1) is 10.6. The second-order valence-electron chi connectivity index (χ2n) is 5.23. The Kier molecular flexibility index (Phi) is 3.85. The fraction of sp³-hybridized carbons (Fsp3) is 0.250. The van der Waals surface area contributed by atoms with Gasteiger partial charge in [0.25, 0.3) is 5.91 Å². The molecule has 0 saturated carbocycles. The van der Waals surface area contributed by atoms with E-state index in [1.165, 1.54) is 17.0 Å². The highest BCUT2D eigenvalue weighted by Crippen LogP contribution is 2.31. The Hall–Kier alpha value is -2.34. The number of rotatable bonds is 3.